The summed E-state index contributed by atoms with van der Waals surface area (Å²) in [4.78, 5) is 2.31. The third-order valence-electron chi connectivity index (χ3n) is 10.0. The minimum Gasteiger partial charge on any atom is -0.454 e. The largest absolute Gasteiger partial charge is 0.454 e. The second-order valence-electron chi connectivity index (χ2n) is 12.9. The van der Waals surface area contributed by atoms with Gasteiger partial charge in [0.2, 0.25) is 0 Å². The van der Waals surface area contributed by atoms with Crippen LogP contribution in [0.25, 0.3) is 76.5 Å². The van der Waals surface area contributed by atoms with Crippen molar-refractivity contribution in [3.63, 3.8) is 0 Å². The minimum atomic E-state index is 0.873. The SMILES string of the molecule is c1ccc(-c2ccc(N(c3ccc(-c4cc5ccc6ccccc6c5c5ccccc45)cc3)c3cccc4c3oc3ccccc34)cc2)cc1. The summed E-state index contributed by atoms with van der Waals surface area (Å²) in [5.41, 5.74) is 9.68. The van der Waals surface area contributed by atoms with Crippen molar-refractivity contribution in [3.8, 4) is 22.3 Å². The van der Waals surface area contributed by atoms with E-state index in [1.165, 1.54) is 54.6 Å². The number of benzene rings is 9. The number of fused-ring (bicyclic) bond motifs is 8. The minimum absolute atomic E-state index is 0.873. The van der Waals surface area contributed by atoms with E-state index < -0.39 is 0 Å². The number of furan rings is 1. The molecule has 1 heterocycles. The molecular weight excluding hydrogens is 607 g/mol. The first-order valence-corrected chi connectivity index (χ1v) is 17.1. The lowest BCUT2D eigenvalue weighted by atomic mass is 9.90. The zero-order valence-corrected chi connectivity index (χ0v) is 27.3. The Morgan fingerprint density at radius 2 is 0.940 bits per heavy atom. The first-order chi connectivity index (χ1) is 24.8. The van der Waals surface area contributed by atoms with Gasteiger partial charge < -0.3 is 9.32 Å². The summed E-state index contributed by atoms with van der Waals surface area (Å²) in [5.74, 6) is 0. The fourth-order valence-corrected chi connectivity index (χ4v) is 7.68. The van der Waals surface area contributed by atoms with E-state index in [1.807, 2.05) is 12.1 Å². The smallest absolute Gasteiger partial charge is 0.159 e. The zero-order chi connectivity index (χ0) is 33.0. The Bertz CT molecular complexity index is 2850. The molecule has 0 aliphatic carbocycles. The van der Waals surface area contributed by atoms with Crippen molar-refractivity contribution in [2.24, 2.45) is 0 Å². The number of hydrogen-bond donors (Lipinski definition) is 0. The Balaban J connectivity index is 1.14. The molecule has 0 saturated heterocycles. The molecule has 0 aliphatic rings. The van der Waals surface area contributed by atoms with E-state index in [0.29, 0.717) is 0 Å². The highest BCUT2D eigenvalue weighted by Crippen LogP contribution is 2.44. The van der Waals surface area contributed by atoms with Crippen LogP contribution in [-0.4, -0.2) is 0 Å². The number of para-hydroxylation sites is 2. The van der Waals surface area contributed by atoms with E-state index in [9.17, 15) is 0 Å². The van der Waals surface area contributed by atoms with E-state index in [0.717, 1.165) is 39.0 Å². The Morgan fingerprint density at radius 1 is 0.360 bits per heavy atom. The first-order valence-electron chi connectivity index (χ1n) is 17.1. The van der Waals surface area contributed by atoms with Crippen LogP contribution in [-0.2, 0) is 0 Å². The van der Waals surface area contributed by atoms with Gasteiger partial charge in [-0.15, -0.1) is 0 Å². The Morgan fingerprint density at radius 3 is 1.72 bits per heavy atom. The van der Waals surface area contributed by atoms with Crippen LogP contribution < -0.4 is 4.90 Å². The van der Waals surface area contributed by atoms with Gasteiger partial charge in [-0.3, -0.25) is 0 Å². The third kappa shape index (κ3) is 4.57. The average Bonchev–Trinajstić information content (AvgIpc) is 3.58. The van der Waals surface area contributed by atoms with Gasteiger partial charge in [-0.05, 0) is 97.0 Å². The molecule has 2 heteroatoms. The monoisotopic (exact) mass is 637 g/mol. The van der Waals surface area contributed by atoms with Gasteiger partial charge in [-0.2, -0.15) is 0 Å². The standard InChI is InChI=1S/C48H31NO/c1-2-11-32(12-3-1)33-23-27-37(28-24-33)49(45-19-10-18-43-41-16-8-9-20-46(41)50-48(43)45)38-29-25-35(26-30-38)44-31-36-22-21-34-13-4-5-14-39(34)47(36)42-17-7-6-15-40(42)44/h1-31H. The van der Waals surface area contributed by atoms with Crippen LogP contribution in [0.3, 0.4) is 0 Å². The lowest BCUT2D eigenvalue weighted by Gasteiger charge is -2.26. The molecule has 234 valence electrons. The van der Waals surface area contributed by atoms with E-state index in [1.54, 1.807) is 0 Å². The van der Waals surface area contributed by atoms with Crippen LogP contribution in [0, 0.1) is 0 Å². The Kier molecular flexibility index (Phi) is 6.53. The second kappa shape index (κ2) is 11.5. The molecule has 0 N–H and O–H groups in total. The van der Waals surface area contributed by atoms with Crippen LogP contribution in [0.4, 0.5) is 17.1 Å². The summed E-state index contributed by atoms with van der Waals surface area (Å²) in [5, 5.41) is 9.87. The highest BCUT2D eigenvalue weighted by molar-refractivity contribution is 6.23. The molecule has 0 atom stereocenters. The number of anilines is 3. The van der Waals surface area contributed by atoms with E-state index in [2.05, 4.69) is 181 Å². The van der Waals surface area contributed by atoms with Gasteiger partial charge >= 0.3 is 0 Å². The fourth-order valence-electron chi connectivity index (χ4n) is 7.68. The maximum absolute atomic E-state index is 6.57. The lowest BCUT2D eigenvalue weighted by molar-refractivity contribution is 0.669. The molecule has 10 aromatic rings. The number of nitrogens with zero attached hydrogens (tertiary/aromatic N) is 1. The lowest BCUT2D eigenvalue weighted by Crippen LogP contribution is -2.10. The van der Waals surface area contributed by atoms with Crippen LogP contribution in [0.2, 0.25) is 0 Å². The molecule has 50 heavy (non-hydrogen) atoms. The summed E-state index contributed by atoms with van der Waals surface area (Å²) in [6.07, 6.45) is 0. The quantitative estimate of drug-likeness (QED) is 0.175. The van der Waals surface area contributed by atoms with Gasteiger partial charge in [0, 0.05) is 22.1 Å². The number of rotatable bonds is 5. The van der Waals surface area contributed by atoms with E-state index >= 15 is 0 Å². The number of hydrogen-bond acceptors (Lipinski definition) is 2. The van der Waals surface area contributed by atoms with Crippen molar-refractivity contribution in [2.75, 3.05) is 4.90 Å². The molecule has 0 spiro atoms. The van der Waals surface area contributed by atoms with Gasteiger partial charge in [-0.1, -0.05) is 146 Å². The van der Waals surface area contributed by atoms with Crippen LogP contribution >= 0.6 is 0 Å². The Hall–Kier alpha value is -6.64. The molecule has 0 unspecified atom stereocenters. The van der Waals surface area contributed by atoms with Crippen LogP contribution in [0.5, 0.6) is 0 Å². The maximum atomic E-state index is 6.57. The third-order valence-corrected chi connectivity index (χ3v) is 10.0. The van der Waals surface area contributed by atoms with Gasteiger partial charge in [-0.25, -0.2) is 0 Å². The summed E-state index contributed by atoms with van der Waals surface area (Å²) in [6.45, 7) is 0. The van der Waals surface area contributed by atoms with Crippen molar-refractivity contribution in [1.29, 1.82) is 0 Å². The van der Waals surface area contributed by atoms with Crippen LogP contribution in [0.1, 0.15) is 0 Å². The highest BCUT2D eigenvalue weighted by Gasteiger charge is 2.20. The molecule has 0 bridgehead atoms. The molecular formula is C48H31NO. The van der Waals surface area contributed by atoms with Gasteiger partial charge in [0.15, 0.2) is 5.58 Å². The van der Waals surface area contributed by atoms with Crippen molar-refractivity contribution >= 4 is 71.3 Å². The molecule has 0 aliphatic heterocycles. The fraction of sp³-hybridized carbons (Fsp3) is 0. The molecule has 0 saturated carbocycles. The van der Waals surface area contributed by atoms with Gasteiger partial charge in [0.25, 0.3) is 0 Å². The van der Waals surface area contributed by atoms with E-state index in [-0.39, 0.29) is 0 Å². The molecule has 9 aromatic carbocycles. The normalized spacial score (nSPS) is 11.6. The molecule has 0 amide bonds. The topological polar surface area (TPSA) is 16.4 Å². The van der Waals surface area contributed by atoms with Crippen molar-refractivity contribution in [1.82, 2.24) is 0 Å². The summed E-state index contributed by atoms with van der Waals surface area (Å²) in [6, 6.07) is 67.4. The van der Waals surface area contributed by atoms with Crippen molar-refractivity contribution < 1.29 is 4.42 Å². The highest BCUT2D eigenvalue weighted by atomic mass is 16.3. The van der Waals surface area contributed by atoms with Crippen LogP contribution in [0.15, 0.2) is 192 Å². The van der Waals surface area contributed by atoms with Gasteiger partial charge in [0.05, 0.1) is 5.69 Å². The second-order valence-corrected chi connectivity index (χ2v) is 12.9. The molecule has 10 rings (SSSR count). The molecule has 0 radical (unpaired) electrons. The van der Waals surface area contributed by atoms with Crippen molar-refractivity contribution in [3.05, 3.63) is 188 Å². The van der Waals surface area contributed by atoms with E-state index in [4.69, 9.17) is 4.42 Å². The predicted octanol–water partition coefficient (Wildman–Crippen LogP) is 13.8. The summed E-state index contributed by atoms with van der Waals surface area (Å²) in [7, 11) is 0. The zero-order valence-electron chi connectivity index (χ0n) is 27.3. The first kappa shape index (κ1) is 28.4. The Labute approximate surface area is 290 Å². The average molecular weight is 638 g/mol. The molecule has 2 nitrogen and oxygen atoms in total. The van der Waals surface area contributed by atoms with Crippen molar-refractivity contribution in [2.45, 2.75) is 0 Å². The molecule has 1 aromatic heterocycles. The summed E-state index contributed by atoms with van der Waals surface area (Å²) >= 11 is 0. The van der Waals surface area contributed by atoms with Gasteiger partial charge in [0.1, 0.15) is 5.58 Å². The summed E-state index contributed by atoms with van der Waals surface area (Å²) < 4.78 is 6.57. The maximum Gasteiger partial charge on any atom is 0.159 e. The predicted molar refractivity (Wildman–Crippen MR) is 212 cm³/mol. The molecule has 0 fully saturated rings.